The molecule has 2 aromatic rings. The highest BCUT2D eigenvalue weighted by atomic mass is 32.2. The maximum Gasteiger partial charge on any atom is 0.277 e. The van der Waals surface area contributed by atoms with E-state index < -0.39 is 11.9 Å². The quantitative estimate of drug-likeness (QED) is 0.617. The van der Waals surface area contributed by atoms with Crippen LogP contribution in [0.2, 0.25) is 0 Å². The van der Waals surface area contributed by atoms with Crippen LogP contribution in [-0.2, 0) is 4.79 Å². The van der Waals surface area contributed by atoms with E-state index in [1.807, 2.05) is 0 Å². The second-order valence-corrected chi connectivity index (χ2v) is 5.29. The molecule has 0 radical (unpaired) electrons. The summed E-state index contributed by atoms with van der Waals surface area (Å²) in [5, 5.41) is 10.4. The summed E-state index contributed by atoms with van der Waals surface area (Å²) in [6.07, 6.45) is 4.42. The van der Waals surface area contributed by atoms with E-state index in [-0.39, 0.29) is 35.1 Å². The van der Waals surface area contributed by atoms with Crippen molar-refractivity contribution in [3.8, 4) is 18.1 Å². The van der Waals surface area contributed by atoms with Gasteiger partial charge < -0.3 is 14.5 Å². The van der Waals surface area contributed by atoms with E-state index >= 15 is 0 Å². The fourth-order valence-electron chi connectivity index (χ4n) is 1.55. The third-order valence-corrected chi connectivity index (χ3v) is 3.44. The normalized spacial score (nSPS) is 11.5. The highest BCUT2D eigenvalue weighted by molar-refractivity contribution is 7.99. The number of rotatable bonds is 7. The highest BCUT2D eigenvalue weighted by Gasteiger charge is 2.18. The number of carbonyl (C=O) groups is 1. The van der Waals surface area contributed by atoms with Gasteiger partial charge in [-0.05, 0) is 19.1 Å². The number of terminal acetylenes is 1. The Morgan fingerprint density at radius 3 is 3.04 bits per heavy atom. The predicted octanol–water partition coefficient (Wildman–Crippen LogP) is 2.19. The van der Waals surface area contributed by atoms with E-state index in [9.17, 15) is 9.18 Å². The monoisotopic (exact) mass is 335 g/mol. The van der Waals surface area contributed by atoms with E-state index in [0.29, 0.717) is 0 Å². The zero-order valence-electron chi connectivity index (χ0n) is 12.3. The lowest BCUT2D eigenvalue weighted by Gasteiger charge is -2.11. The molecular weight excluding hydrogens is 321 g/mol. The second-order valence-electron chi connectivity index (χ2n) is 4.37. The first-order valence-electron chi connectivity index (χ1n) is 6.67. The van der Waals surface area contributed by atoms with Crippen LogP contribution >= 0.6 is 11.8 Å². The fourth-order valence-corrected chi connectivity index (χ4v) is 2.15. The number of nitrogens with zero attached hydrogens (tertiary/aromatic N) is 2. The van der Waals surface area contributed by atoms with Gasteiger partial charge in [-0.15, -0.1) is 16.6 Å². The number of hydrogen-bond donors (Lipinski definition) is 1. The zero-order valence-corrected chi connectivity index (χ0v) is 13.1. The maximum absolute atomic E-state index is 13.5. The molecule has 6 nitrogen and oxygen atoms in total. The van der Waals surface area contributed by atoms with Crippen molar-refractivity contribution in [3.63, 3.8) is 0 Å². The van der Waals surface area contributed by atoms with Gasteiger partial charge in [-0.3, -0.25) is 4.79 Å². The molecule has 1 aromatic carbocycles. The Labute approximate surface area is 136 Å². The van der Waals surface area contributed by atoms with Crippen molar-refractivity contribution in [2.24, 2.45) is 0 Å². The minimum Gasteiger partial charge on any atom is -0.478 e. The van der Waals surface area contributed by atoms with Crippen LogP contribution in [0.15, 0.2) is 33.9 Å². The molecule has 1 aromatic heterocycles. The maximum atomic E-state index is 13.5. The number of hydrogen-bond acceptors (Lipinski definition) is 6. The molecule has 0 saturated heterocycles. The number of benzene rings is 1. The molecular formula is C15H14FN3O3S. The Kier molecular flexibility index (Phi) is 6.00. The van der Waals surface area contributed by atoms with E-state index in [2.05, 4.69) is 21.4 Å². The molecule has 0 aliphatic carbocycles. The number of nitrogens with one attached hydrogen (secondary N) is 1. The smallest absolute Gasteiger partial charge is 0.277 e. The number of aromatic nitrogens is 2. The van der Waals surface area contributed by atoms with E-state index in [1.54, 1.807) is 19.1 Å². The average molecular weight is 335 g/mol. The summed E-state index contributed by atoms with van der Waals surface area (Å²) in [5.41, 5.74) is 0. The van der Waals surface area contributed by atoms with E-state index in [0.717, 1.165) is 11.8 Å². The van der Waals surface area contributed by atoms with Gasteiger partial charge in [0.1, 0.15) is 0 Å². The summed E-state index contributed by atoms with van der Waals surface area (Å²) in [4.78, 5) is 11.4. The SMILES string of the molecule is C#CCNC(=O)CSc1nnc([C@H](C)Oc2ccccc2F)o1. The van der Waals surface area contributed by atoms with Crippen LogP contribution in [0.3, 0.4) is 0 Å². The molecule has 1 amide bonds. The molecule has 0 fully saturated rings. The van der Waals surface area contributed by atoms with Gasteiger partial charge >= 0.3 is 0 Å². The molecule has 0 bridgehead atoms. The summed E-state index contributed by atoms with van der Waals surface area (Å²) in [6.45, 7) is 1.83. The molecule has 2 rings (SSSR count). The van der Waals surface area contributed by atoms with Crippen molar-refractivity contribution >= 4 is 17.7 Å². The van der Waals surface area contributed by atoms with Crippen LogP contribution in [0.4, 0.5) is 4.39 Å². The highest BCUT2D eigenvalue weighted by Crippen LogP contribution is 2.25. The van der Waals surface area contributed by atoms with Crippen LogP contribution < -0.4 is 10.1 Å². The molecule has 1 N–H and O–H groups in total. The van der Waals surface area contributed by atoms with Crippen molar-refractivity contribution in [2.45, 2.75) is 18.3 Å². The standard InChI is InChI=1S/C15H14FN3O3S/c1-3-8-17-13(20)9-23-15-19-18-14(22-15)10(2)21-12-7-5-4-6-11(12)16/h1,4-7,10H,8-9H2,2H3,(H,17,20)/t10-/m0/s1. The Bertz CT molecular complexity index is 714. The van der Waals surface area contributed by atoms with Crippen LogP contribution in [0.25, 0.3) is 0 Å². The molecule has 120 valence electrons. The number of para-hydroxylation sites is 1. The molecule has 23 heavy (non-hydrogen) atoms. The van der Waals surface area contributed by atoms with Gasteiger partial charge in [0.2, 0.25) is 5.91 Å². The number of ether oxygens (including phenoxy) is 1. The van der Waals surface area contributed by atoms with Gasteiger partial charge in [0.05, 0.1) is 12.3 Å². The molecule has 8 heteroatoms. The van der Waals surface area contributed by atoms with Crippen molar-refractivity contribution in [1.82, 2.24) is 15.5 Å². The molecule has 0 aliphatic rings. The Morgan fingerprint density at radius 1 is 1.52 bits per heavy atom. The molecule has 0 unspecified atom stereocenters. The first-order chi connectivity index (χ1) is 11.1. The predicted molar refractivity (Wildman–Crippen MR) is 82.3 cm³/mol. The molecule has 0 aliphatic heterocycles. The van der Waals surface area contributed by atoms with Crippen molar-refractivity contribution in [1.29, 1.82) is 0 Å². The van der Waals surface area contributed by atoms with Gasteiger partial charge in [0.25, 0.3) is 11.1 Å². The van der Waals surface area contributed by atoms with Crippen LogP contribution in [0, 0.1) is 18.2 Å². The largest absolute Gasteiger partial charge is 0.478 e. The second kappa shape index (κ2) is 8.19. The molecule has 0 saturated carbocycles. The van der Waals surface area contributed by atoms with Gasteiger partial charge in [-0.1, -0.05) is 29.8 Å². The lowest BCUT2D eigenvalue weighted by atomic mass is 10.3. The van der Waals surface area contributed by atoms with E-state index in [1.165, 1.54) is 12.1 Å². The molecule has 0 spiro atoms. The molecule has 1 atom stereocenters. The average Bonchev–Trinajstić information content (AvgIpc) is 3.02. The first kappa shape index (κ1) is 16.8. The minimum absolute atomic E-state index is 0.0982. The zero-order chi connectivity index (χ0) is 16.7. The van der Waals surface area contributed by atoms with Crippen molar-refractivity contribution in [2.75, 3.05) is 12.3 Å². The lowest BCUT2D eigenvalue weighted by Crippen LogP contribution is -2.25. The van der Waals surface area contributed by atoms with Crippen LogP contribution in [0.1, 0.15) is 18.9 Å². The third kappa shape index (κ3) is 5.00. The number of halogens is 1. The van der Waals surface area contributed by atoms with Crippen LogP contribution in [-0.4, -0.2) is 28.4 Å². The topological polar surface area (TPSA) is 77.2 Å². The van der Waals surface area contributed by atoms with Crippen LogP contribution in [0.5, 0.6) is 5.75 Å². The number of carbonyl (C=O) groups excluding carboxylic acids is 1. The summed E-state index contributed by atoms with van der Waals surface area (Å²) in [5.74, 6) is 1.99. The Balaban J connectivity index is 1.90. The Morgan fingerprint density at radius 2 is 2.30 bits per heavy atom. The Hall–Kier alpha value is -2.53. The lowest BCUT2D eigenvalue weighted by molar-refractivity contribution is -0.118. The summed E-state index contributed by atoms with van der Waals surface area (Å²) >= 11 is 1.08. The van der Waals surface area contributed by atoms with E-state index in [4.69, 9.17) is 15.6 Å². The fraction of sp³-hybridized carbons (Fsp3) is 0.267. The van der Waals surface area contributed by atoms with Gasteiger partial charge in [-0.25, -0.2) is 4.39 Å². The number of amides is 1. The first-order valence-corrected chi connectivity index (χ1v) is 7.66. The minimum atomic E-state index is -0.621. The summed E-state index contributed by atoms with van der Waals surface area (Å²) in [6, 6.07) is 6.04. The summed E-state index contributed by atoms with van der Waals surface area (Å²) in [7, 11) is 0. The van der Waals surface area contributed by atoms with Gasteiger partial charge in [0.15, 0.2) is 17.7 Å². The van der Waals surface area contributed by atoms with Crippen molar-refractivity contribution in [3.05, 3.63) is 36.0 Å². The molecule has 1 heterocycles. The van der Waals surface area contributed by atoms with Crippen molar-refractivity contribution < 1.29 is 18.3 Å². The van der Waals surface area contributed by atoms with Gasteiger partial charge in [0, 0.05) is 0 Å². The van der Waals surface area contributed by atoms with Gasteiger partial charge in [-0.2, -0.15) is 0 Å². The number of thioether (sulfide) groups is 1. The third-order valence-electron chi connectivity index (χ3n) is 2.62. The summed E-state index contributed by atoms with van der Waals surface area (Å²) < 4.78 is 24.4.